The van der Waals surface area contributed by atoms with E-state index in [0.29, 0.717) is 17.7 Å². The number of hydrogen-bond acceptors (Lipinski definition) is 3. The Morgan fingerprint density at radius 2 is 1.62 bits per heavy atom. The van der Waals surface area contributed by atoms with Gasteiger partial charge in [-0.1, -0.05) is 84.4 Å². The predicted molar refractivity (Wildman–Crippen MR) is 162 cm³/mol. The number of aromatic nitrogens is 2. The van der Waals surface area contributed by atoms with Gasteiger partial charge < -0.3 is 10.4 Å². The number of carbonyl (C=O) groups excluding carboxylic acids is 1. The van der Waals surface area contributed by atoms with Crippen LogP contribution in [0.25, 0.3) is 22.0 Å². The second-order valence-electron chi connectivity index (χ2n) is 10.2. The Labute approximate surface area is 241 Å². The summed E-state index contributed by atoms with van der Waals surface area (Å²) in [5, 5.41) is 18.5. The molecule has 40 heavy (non-hydrogen) atoms. The Morgan fingerprint density at radius 3 is 2.30 bits per heavy atom. The first-order valence-electron chi connectivity index (χ1n) is 13.2. The smallest absolute Gasteiger partial charge is 0.336 e. The number of hydrogen-bond donors (Lipinski definition) is 2. The van der Waals surface area contributed by atoms with Crippen LogP contribution in [0.4, 0.5) is 0 Å². The highest BCUT2D eigenvalue weighted by atomic mass is 79.9. The molecule has 6 nitrogen and oxygen atoms in total. The molecule has 0 unspecified atom stereocenters. The fraction of sp³-hybridized carbons (Fsp3) is 0.182. The molecule has 5 rings (SSSR count). The Hall–Kier alpha value is -4.23. The maximum absolute atomic E-state index is 13.1. The first kappa shape index (κ1) is 27.3. The van der Waals surface area contributed by atoms with Gasteiger partial charge in [-0.15, -0.1) is 0 Å². The van der Waals surface area contributed by atoms with E-state index in [9.17, 15) is 14.7 Å². The number of amides is 1. The van der Waals surface area contributed by atoms with Gasteiger partial charge in [0.1, 0.15) is 0 Å². The van der Waals surface area contributed by atoms with E-state index in [1.165, 1.54) is 0 Å². The minimum Gasteiger partial charge on any atom is -0.478 e. The number of fused-ring (bicyclic) bond motifs is 1. The monoisotopic (exact) mass is 595 g/mol. The second-order valence-corrected chi connectivity index (χ2v) is 11.1. The van der Waals surface area contributed by atoms with Gasteiger partial charge in [-0.2, -0.15) is 5.10 Å². The van der Waals surface area contributed by atoms with E-state index in [1.54, 1.807) is 12.1 Å². The topological polar surface area (TPSA) is 84.2 Å². The lowest BCUT2D eigenvalue weighted by Gasteiger charge is -2.15. The van der Waals surface area contributed by atoms with Crippen molar-refractivity contribution in [3.8, 4) is 11.1 Å². The van der Waals surface area contributed by atoms with Gasteiger partial charge in [0, 0.05) is 15.4 Å². The van der Waals surface area contributed by atoms with Crippen LogP contribution >= 0.6 is 15.9 Å². The average molecular weight is 597 g/mol. The zero-order valence-electron chi connectivity index (χ0n) is 22.6. The van der Waals surface area contributed by atoms with Gasteiger partial charge in [-0.05, 0) is 71.5 Å². The number of aromatic carboxylic acids is 1. The maximum atomic E-state index is 13.1. The summed E-state index contributed by atoms with van der Waals surface area (Å²) in [6.07, 6.45) is 0. The summed E-state index contributed by atoms with van der Waals surface area (Å²) in [4.78, 5) is 24.8. The van der Waals surface area contributed by atoms with Gasteiger partial charge in [0.05, 0.1) is 29.4 Å². The third kappa shape index (κ3) is 5.70. The van der Waals surface area contributed by atoms with E-state index in [0.717, 1.165) is 37.8 Å². The normalized spacial score (nSPS) is 12.0. The van der Waals surface area contributed by atoms with Crippen LogP contribution in [0.5, 0.6) is 0 Å². The summed E-state index contributed by atoms with van der Waals surface area (Å²) < 4.78 is 2.97. The highest BCUT2D eigenvalue weighted by Gasteiger charge is 2.18. The largest absolute Gasteiger partial charge is 0.478 e. The van der Waals surface area contributed by atoms with Crippen LogP contribution in [0.2, 0.25) is 0 Å². The van der Waals surface area contributed by atoms with Crippen molar-refractivity contribution in [2.75, 3.05) is 0 Å². The lowest BCUT2D eigenvalue weighted by atomic mass is 9.99. The number of benzene rings is 4. The van der Waals surface area contributed by atoms with Crippen LogP contribution in [0.1, 0.15) is 70.3 Å². The number of halogens is 1. The molecule has 0 spiro atoms. The van der Waals surface area contributed by atoms with E-state index >= 15 is 0 Å². The molecule has 0 bridgehead atoms. The maximum Gasteiger partial charge on any atom is 0.336 e. The molecule has 1 amide bonds. The summed E-state index contributed by atoms with van der Waals surface area (Å²) in [6, 6.07) is 28.4. The van der Waals surface area contributed by atoms with Crippen molar-refractivity contribution in [2.24, 2.45) is 0 Å². The van der Waals surface area contributed by atoms with E-state index in [-0.39, 0.29) is 23.4 Å². The molecule has 5 aromatic rings. The molecule has 4 aromatic carbocycles. The van der Waals surface area contributed by atoms with Crippen LogP contribution < -0.4 is 5.32 Å². The van der Waals surface area contributed by atoms with Crippen LogP contribution in [0, 0.1) is 0 Å². The van der Waals surface area contributed by atoms with Gasteiger partial charge >= 0.3 is 5.97 Å². The van der Waals surface area contributed by atoms with Gasteiger partial charge in [0.25, 0.3) is 5.91 Å². The Morgan fingerprint density at radius 1 is 0.925 bits per heavy atom. The SMILES string of the molecule is CC(C)c1nn(Cc2ccc(-c3ccccc3C(=O)O)cc2)c2ccc(C(=O)N[C@@H](C)c3ccc(Br)cc3)cc12. The molecule has 0 aliphatic carbocycles. The molecule has 0 radical (unpaired) electrons. The quantitative estimate of drug-likeness (QED) is 0.191. The van der Waals surface area contributed by atoms with Gasteiger partial charge in [0.2, 0.25) is 0 Å². The molecule has 0 fully saturated rings. The molecule has 202 valence electrons. The Balaban J connectivity index is 1.40. The van der Waals surface area contributed by atoms with E-state index in [2.05, 4.69) is 35.1 Å². The number of rotatable bonds is 8. The fourth-order valence-electron chi connectivity index (χ4n) is 4.89. The predicted octanol–water partition coefficient (Wildman–Crippen LogP) is 7.83. The molecule has 1 atom stereocenters. The Bertz CT molecular complexity index is 1690. The molecule has 7 heteroatoms. The molecule has 0 saturated heterocycles. The number of carbonyl (C=O) groups is 2. The average Bonchev–Trinajstić information content (AvgIpc) is 3.31. The fourth-order valence-corrected chi connectivity index (χ4v) is 5.16. The summed E-state index contributed by atoms with van der Waals surface area (Å²) in [6.45, 7) is 6.73. The molecule has 2 N–H and O–H groups in total. The van der Waals surface area contributed by atoms with Crippen molar-refractivity contribution in [1.82, 2.24) is 15.1 Å². The number of nitrogens with one attached hydrogen (secondary N) is 1. The first-order valence-corrected chi connectivity index (χ1v) is 14.0. The third-order valence-electron chi connectivity index (χ3n) is 7.06. The van der Waals surface area contributed by atoms with Gasteiger partial charge in [-0.25, -0.2) is 4.79 Å². The highest BCUT2D eigenvalue weighted by Crippen LogP contribution is 2.28. The van der Waals surface area contributed by atoms with Crippen LogP contribution in [-0.4, -0.2) is 26.8 Å². The minimum absolute atomic E-state index is 0.128. The van der Waals surface area contributed by atoms with Crippen LogP contribution in [-0.2, 0) is 6.54 Å². The Kier molecular flexibility index (Phi) is 7.85. The third-order valence-corrected chi connectivity index (χ3v) is 7.59. The minimum atomic E-state index is -0.945. The zero-order chi connectivity index (χ0) is 28.4. The second kappa shape index (κ2) is 11.5. The summed E-state index contributed by atoms with van der Waals surface area (Å²) in [5.41, 5.74) is 6.39. The molecule has 0 aliphatic heterocycles. The standard InChI is InChI=1S/C33H30BrN3O3/c1-20(2)31-29-18-25(32(38)35-21(3)23-12-15-26(34)16-13-23)14-17-30(29)37(36-31)19-22-8-10-24(11-9-22)27-6-4-5-7-28(27)33(39)40/h4-18,20-21H,19H2,1-3H3,(H,35,38)(H,39,40)/t21-/m0/s1. The molecular formula is C33H30BrN3O3. The molecular weight excluding hydrogens is 566 g/mol. The molecule has 1 heterocycles. The summed E-state index contributed by atoms with van der Waals surface area (Å²) in [5.74, 6) is -0.893. The van der Waals surface area contributed by atoms with E-state index in [4.69, 9.17) is 5.10 Å². The summed E-state index contributed by atoms with van der Waals surface area (Å²) >= 11 is 3.45. The van der Waals surface area contributed by atoms with Gasteiger partial charge in [-0.3, -0.25) is 9.48 Å². The molecule has 0 saturated carbocycles. The number of nitrogens with zero attached hydrogens (tertiary/aromatic N) is 2. The van der Waals surface area contributed by atoms with Crippen LogP contribution in [0.15, 0.2) is 95.5 Å². The number of carboxylic acids is 1. The van der Waals surface area contributed by atoms with Crippen molar-refractivity contribution in [1.29, 1.82) is 0 Å². The lowest BCUT2D eigenvalue weighted by molar-refractivity contribution is 0.0697. The lowest BCUT2D eigenvalue weighted by Crippen LogP contribution is -2.26. The van der Waals surface area contributed by atoms with Crippen LogP contribution in [0.3, 0.4) is 0 Å². The van der Waals surface area contributed by atoms with Gasteiger partial charge in [0.15, 0.2) is 0 Å². The molecule has 0 aliphatic rings. The van der Waals surface area contributed by atoms with Crippen molar-refractivity contribution in [3.05, 3.63) is 123 Å². The van der Waals surface area contributed by atoms with Crippen molar-refractivity contribution >= 4 is 38.7 Å². The number of carboxylic acid groups (broad SMARTS) is 1. The highest BCUT2D eigenvalue weighted by molar-refractivity contribution is 9.10. The van der Waals surface area contributed by atoms with E-state index < -0.39 is 5.97 Å². The first-order chi connectivity index (χ1) is 19.2. The van der Waals surface area contributed by atoms with E-state index in [1.807, 2.05) is 90.5 Å². The molecule has 1 aromatic heterocycles. The summed E-state index contributed by atoms with van der Waals surface area (Å²) in [7, 11) is 0. The van der Waals surface area contributed by atoms with Crippen molar-refractivity contribution in [3.63, 3.8) is 0 Å². The zero-order valence-corrected chi connectivity index (χ0v) is 24.1. The van der Waals surface area contributed by atoms with Crippen molar-refractivity contribution in [2.45, 2.75) is 39.3 Å². The van der Waals surface area contributed by atoms with Crippen molar-refractivity contribution < 1.29 is 14.7 Å².